The molecule has 2 atom stereocenters. The first kappa shape index (κ1) is 26.7. The number of carboxylic acid groups (broad SMARTS) is 2. The lowest BCUT2D eigenvalue weighted by Gasteiger charge is -2.16. The van der Waals surface area contributed by atoms with E-state index in [0.29, 0.717) is 5.56 Å². The Hall–Kier alpha value is -3.56. The maximum Gasteiger partial charge on any atom is 0.408 e. The minimum atomic E-state index is -1.27. The topological polar surface area (TPSA) is 151 Å². The van der Waals surface area contributed by atoms with Crippen molar-refractivity contribution >= 4 is 45.7 Å². The predicted octanol–water partition coefficient (Wildman–Crippen LogP) is 2.73. The molecule has 0 saturated heterocycles. The highest BCUT2D eigenvalue weighted by molar-refractivity contribution is 8.76. The number of hydrogen-bond donors (Lipinski definition) is 4. The van der Waals surface area contributed by atoms with Crippen molar-refractivity contribution in [3.8, 4) is 0 Å². The molecule has 2 aromatic rings. The number of benzene rings is 1. The molecular formula is C22H22N2O8S2. The van der Waals surface area contributed by atoms with E-state index >= 15 is 0 Å². The zero-order valence-electron chi connectivity index (χ0n) is 17.8. The van der Waals surface area contributed by atoms with Crippen LogP contribution in [0.4, 0.5) is 9.59 Å². The molecule has 0 aromatic heterocycles. The zero-order valence-corrected chi connectivity index (χ0v) is 19.4. The van der Waals surface area contributed by atoms with Crippen molar-refractivity contribution in [3.05, 3.63) is 71.8 Å². The van der Waals surface area contributed by atoms with Gasteiger partial charge in [0, 0.05) is 11.5 Å². The van der Waals surface area contributed by atoms with Gasteiger partial charge in [0.05, 0.1) is 0 Å². The maximum absolute atomic E-state index is 11.9. The van der Waals surface area contributed by atoms with Gasteiger partial charge < -0.3 is 30.3 Å². The third-order valence-electron chi connectivity index (χ3n) is 4.04. The summed E-state index contributed by atoms with van der Waals surface area (Å²) < 4.78 is 9.99. The van der Waals surface area contributed by atoms with Crippen LogP contribution in [0.1, 0.15) is 11.1 Å². The summed E-state index contributed by atoms with van der Waals surface area (Å²) in [7, 11) is 2.06. The zero-order chi connectivity index (χ0) is 24.8. The van der Waals surface area contributed by atoms with Crippen LogP contribution in [0.2, 0.25) is 0 Å². The molecule has 0 spiro atoms. The van der Waals surface area contributed by atoms with E-state index < -0.39 is 36.2 Å². The molecule has 10 nitrogen and oxygen atoms in total. The summed E-state index contributed by atoms with van der Waals surface area (Å²) in [6.07, 6.45) is -1.79. The van der Waals surface area contributed by atoms with Gasteiger partial charge in [0.2, 0.25) is 0 Å². The molecule has 2 amide bonds. The number of carbonyl (C=O) groups excluding carboxylic acids is 2. The fourth-order valence-corrected chi connectivity index (χ4v) is 4.60. The highest BCUT2D eigenvalue weighted by Gasteiger charge is 2.24. The molecule has 0 heterocycles. The number of amides is 2. The standard InChI is InChI=1S/C22H22N2O8S2/c25-19(26)17(23-21(29)31-11-15-7-3-1-4-8-15)13-33-34-14-18(20(27)28)24-22(30)32-12-16-9-5-2-6-10-16/h1,3-5,7-10,17-18H,11-14H2,(H,23,29)(H,24,30)(H,25,26)(H,27,28)/t17-,18-/m0/s1. The molecule has 0 aliphatic heterocycles. The van der Waals surface area contributed by atoms with Gasteiger partial charge in [0.1, 0.15) is 25.3 Å². The molecule has 2 aromatic carbocycles. The average molecular weight is 507 g/mol. The SMILES string of the molecule is O=C(N[C@@H](CSSC[C@H](NC(=O)OCc1ccccc1)C(=O)O)C(=O)O)OCc1cc#ccc1. The van der Waals surface area contributed by atoms with E-state index in [-0.39, 0.29) is 24.7 Å². The Morgan fingerprint density at radius 2 is 1.32 bits per heavy atom. The molecule has 34 heavy (non-hydrogen) atoms. The molecule has 0 bridgehead atoms. The molecule has 0 radical (unpaired) electrons. The molecule has 0 fully saturated rings. The van der Waals surface area contributed by atoms with Gasteiger partial charge in [-0.05, 0) is 29.3 Å². The summed E-state index contributed by atoms with van der Waals surface area (Å²) in [5, 5.41) is 23.1. The van der Waals surface area contributed by atoms with Crippen molar-refractivity contribution in [3.63, 3.8) is 0 Å². The van der Waals surface area contributed by atoms with E-state index in [1.54, 1.807) is 42.5 Å². The van der Waals surface area contributed by atoms with Crippen molar-refractivity contribution in [2.45, 2.75) is 25.3 Å². The van der Waals surface area contributed by atoms with Crippen molar-refractivity contribution in [2.24, 2.45) is 0 Å². The number of aliphatic carboxylic acids is 2. The quantitative estimate of drug-likeness (QED) is 0.236. The van der Waals surface area contributed by atoms with Crippen LogP contribution in [0.15, 0.2) is 48.5 Å². The van der Waals surface area contributed by atoms with Crippen LogP contribution >= 0.6 is 21.6 Å². The number of alkyl carbamates (subject to hydrolysis) is 2. The second kappa shape index (κ2) is 14.6. The van der Waals surface area contributed by atoms with Gasteiger partial charge in [-0.2, -0.15) is 0 Å². The molecular weight excluding hydrogens is 484 g/mol. The van der Waals surface area contributed by atoms with E-state index in [1.807, 2.05) is 6.07 Å². The Balaban J connectivity index is 1.71. The first-order chi connectivity index (χ1) is 16.3. The van der Waals surface area contributed by atoms with Crippen LogP contribution in [0.3, 0.4) is 0 Å². The van der Waals surface area contributed by atoms with Crippen molar-refractivity contribution in [1.82, 2.24) is 10.6 Å². The number of ether oxygens (including phenoxy) is 2. The maximum atomic E-state index is 11.9. The van der Waals surface area contributed by atoms with Gasteiger partial charge >= 0.3 is 24.1 Å². The van der Waals surface area contributed by atoms with Crippen LogP contribution < -0.4 is 10.6 Å². The summed E-state index contributed by atoms with van der Waals surface area (Å²) in [4.78, 5) is 46.6. The van der Waals surface area contributed by atoms with Crippen molar-refractivity contribution < 1.29 is 38.9 Å². The number of carboxylic acids is 2. The van der Waals surface area contributed by atoms with Gasteiger partial charge in [-0.25, -0.2) is 19.2 Å². The molecule has 0 aliphatic rings. The summed E-state index contributed by atoms with van der Waals surface area (Å²) >= 11 is 0. The molecule has 0 unspecified atom stereocenters. The third-order valence-corrected chi connectivity index (χ3v) is 6.46. The molecule has 2 rings (SSSR count). The molecule has 4 N–H and O–H groups in total. The fourth-order valence-electron chi connectivity index (χ4n) is 2.29. The second-order valence-electron chi connectivity index (χ2n) is 6.62. The molecule has 0 saturated carbocycles. The Morgan fingerprint density at radius 1 is 0.794 bits per heavy atom. The van der Waals surface area contributed by atoms with Gasteiger partial charge in [0.25, 0.3) is 0 Å². The highest BCUT2D eigenvalue weighted by Crippen LogP contribution is 2.23. The van der Waals surface area contributed by atoms with Gasteiger partial charge in [-0.3, -0.25) is 0 Å². The van der Waals surface area contributed by atoms with Gasteiger partial charge in [-0.15, -0.1) is 0 Å². The molecule has 12 heteroatoms. The Morgan fingerprint density at radius 3 is 1.79 bits per heavy atom. The number of nitrogens with one attached hydrogen (secondary N) is 2. The van der Waals surface area contributed by atoms with Crippen LogP contribution in [0.5, 0.6) is 0 Å². The lowest BCUT2D eigenvalue weighted by atomic mass is 10.2. The van der Waals surface area contributed by atoms with Crippen LogP contribution in [-0.2, 0) is 32.3 Å². The number of hydrogen-bond acceptors (Lipinski definition) is 8. The average Bonchev–Trinajstić information content (AvgIpc) is 2.83. The largest absolute Gasteiger partial charge is 0.480 e. The fraction of sp³-hybridized carbons (Fsp3) is 0.273. The summed E-state index contributed by atoms with van der Waals surface area (Å²) in [5.74, 6) is -2.66. The van der Waals surface area contributed by atoms with E-state index in [4.69, 9.17) is 9.47 Å². The third kappa shape index (κ3) is 10.4. The van der Waals surface area contributed by atoms with E-state index in [0.717, 1.165) is 27.2 Å². The second-order valence-corrected chi connectivity index (χ2v) is 9.17. The van der Waals surface area contributed by atoms with Crippen molar-refractivity contribution in [1.29, 1.82) is 0 Å². The van der Waals surface area contributed by atoms with Gasteiger partial charge in [-0.1, -0.05) is 64.1 Å². The lowest BCUT2D eigenvalue weighted by molar-refractivity contribution is -0.139. The Kier molecular flexibility index (Phi) is 11.4. The first-order valence-electron chi connectivity index (χ1n) is 9.82. The minimum absolute atomic E-state index is 0.00998. The monoisotopic (exact) mass is 506 g/mol. The highest BCUT2D eigenvalue weighted by atomic mass is 33.1. The minimum Gasteiger partial charge on any atom is -0.480 e. The first-order valence-corrected chi connectivity index (χ1v) is 12.3. The number of carbonyl (C=O) groups is 4. The van der Waals surface area contributed by atoms with Crippen LogP contribution in [0, 0.1) is 12.1 Å². The van der Waals surface area contributed by atoms with E-state index in [1.165, 1.54) is 0 Å². The summed E-state index contributed by atoms with van der Waals surface area (Å²) in [5.41, 5.74) is 1.42. The summed E-state index contributed by atoms with van der Waals surface area (Å²) in [6.45, 7) is -0.0679. The Labute approximate surface area is 203 Å². The number of rotatable bonds is 13. The van der Waals surface area contributed by atoms with Crippen molar-refractivity contribution in [2.75, 3.05) is 11.5 Å². The smallest absolute Gasteiger partial charge is 0.408 e. The van der Waals surface area contributed by atoms with Gasteiger partial charge in [0.15, 0.2) is 0 Å². The lowest BCUT2D eigenvalue weighted by Crippen LogP contribution is -2.43. The van der Waals surface area contributed by atoms with Crippen LogP contribution in [0.25, 0.3) is 0 Å². The molecule has 180 valence electrons. The normalized spacial score (nSPS) is 11.9. The van der Waals surface area contributed by atoms with E-state index in [9.17, 15) is 29.4 Å². The van der Waals surface area contributed by atoms with Crippen LogP contribution in [-0.4, -0.2) is 57.9 Å². The molecule has 0 aliphatic carbocycles. The predicted molar refractivity (Wildman–Crippen MR) is 125 cm³/mol. The Bertz CT molecular complexity index is 869. The van der Waals surface area contributed by atoms with E-state index in [2.05, 4.69) is 22.8 Å². The summed E-state index contributed by atoms with van der Waals surface area (Å²) in [6, 6.07) is 16.7.